The van der Waals surface area contributed by atoms with Gasteiger partial charge in [-0.1, -0.05) is 6.07 Å². The van der Waals surface area contributed by atoms with Crippen LogP contribution in [0.25, 0.3) is 0 Å². The van der Waals surface area contributed by atoms with Crippen molar-refractivity contribution < 1.29 is 9.53 Å². The number of rotatable bonds is 3. The number of anilines is 1. The summed E-state index contributed by atoms with van der Waals surface area (Å²) in [4.78, 5) is 12.0. The van der Waals surface area contributed by atoms with Gasteiger partial charge in [0.25, 0.3) is 5.91 Å². The van der Waals surface area contributed by atoms with Crippen LogP contribution in [0.2, 0.25) is 0 Å². The van der Waals surface area contributed by atoms with Gasteiger partial charge in [-0.2, -0.15) is 0 Å². The Labute approximate surface area is 115 Å². The maximum absolute atomic E-state index is 12.0. The Bertz CT molecular complexity index is 431. The maximum atomic E-state index is 12.0. The molecule has 4 nitrogen and oxygen atoms in total. The fraction of sp³-hybridized carbons (Fsp3) is 0.462. The van der Waals surface area contributed by atoms with Crippen molar-refractivity contribution in [3.63, 3.8) is 0 Å². The van der Waals surface area contributed by atoms with E-state index in [1.165, 1.54) is 0 Å². The van der Waals surface area contributed by atoms with E-state index >= 15 is 0 Å². The van der Waals surface area contributed by atoms with Gasteiger partial charge in [0.2, 0.25) is 0 Å². The first kappa shape index (κ1) is 13.4. The number of ether oxygens (including phenoxy) is 1. The SMILES string of the molecule is Nc1cccc(C(=O)NCC2CCOCC2)c1Br. The van der Waals surface area contributed by atoms with Crippen molar-refractivity contribution in [2.75, 3.05) is 25.5 Å². The second-order valence-corrected chi connectivity index (χ2v) is 5.27. The Morgan fingerprint density at radius 3 is 2.89 bits per heavy atom. The monoisotopic (exact) mass is 312 g/mol. The Balaban J connectivity index is 1.93. The number of nitrogen functional groups attached to an aromatic ring is 1. The molecule has 18 heavy (non-hydrogen) atoms. The largest absolute Gasteiger partial charge is 0.398 e. The number of hydrogen-bond donors (Lipinski definition) is 2. The lowest BCUT2D eigenvalue weighted by atomic mass is 10.0. The van der Waals surface area contributed by atoms with Gasteiger partial charge in [-0.3, -0.25) is 4.79 Å². The van der Waals surface area contributed by atoms with Crippen LogP contribution in [-0.2, 0) is 4.74 Å². The molecule has 1 amide bonds. The highest BCUT2D eigenvalue weighted by Crippen LogP contribution is 2.23. The Kier molecular flexibility index (Phi) is 4.60. The minimum absolute atomic E-state index is 0.0827. The van der Waals surface area contributed by atoms with Crippen molar-refractivity contribution in [1.29, 1.82) is 0 Å². The van der Waals surface area contributed by atoms with Gasteiger partial charge in [0.05, 0.1) is 10.0 Å². The molecule has 1 aromatic rings. The molecule has 1 aromatic carbocycles. The zero-order chi connectivity index (χ0) is 13.0. The maximum Gasteiger partial charge on any atom is 0.252 e. The summed E-state index contributed by atoms with van der Waals surface area (Å²) in [5.74, 6) is 0.434. The second kappa shape index (κ2) is 6.20. The average Bonchev–Trinajstić information content (AvgIpc) is 2.40. The van der Waals surface area contributed by atoms with Crippen LogP contribution >= 0.6 is 15.9 Å². The van der Waals surface area contributed by atoms with E-state index in [1.54, 1.807) is 18.2 Å². The highest BCUT2D eigenvalue weighted by atomic mass is 79.9. The van der Waals surface area contributed by atoms with E-state index < -0.39 is 0 Å². The lowest BCUT2D eigenvalue weighted by Crippen LogP contribution is -2.32. The number of nitrogens with one attached hydrogen (secondary N) is 1. The van der Waals surface area contributed by atoms with Crippen molar-refractivity contribution in [2.24, 2.45) is 5.92 Å². The van der Waals surface area contributed by atoms with Gasteiger partial charge >= 0.3 is 0 Å². The summed E-state index contributed by atoms with van der Waals surface area (Å²) in [5, 5.41) is 2.96. The number of hydrogen-bond acceptors (Lipinski definition) is 3. The van der Waals surface area contributed by atoms with Gasteiger partial charge in [0.15, 0.2) is 0 Å². The standard InChI is InChI=1S/C13H17BrN2O2/c14-12-10(2-1-3-11(12)15)13(17)16-8-9-4-6-18-7-5-9/h1-3,9H,4-8,15H2,(H,16,17). The predicted octanol–water partition coefficient (Wildman–Crippen LogP) is 2.19. The van der Waals surface area contributed by atoms with Crippen LogP contribution in [0, 0.1) is 5.92 Å². The molecule has 0 radical (unpaired) electrons. The van der Waals surface area contributed by atoms with E-state index in [-0.39, 0.29) is 5.91 Å². The van der Waals surface area contributed by atoms with Crippen molar-refractivity contribution in [2.45, 2.75) is 12.8 Å². The summed E-state index contributed by atoms with van der Waals surface area (Å²) in [6, 6.07) is 5.31. The molecular weight excluding hydrogens is 296 g/mol. The third-order valence-corrected chi connectivity index (χ3v) is 4.05. The van der Waals surface area contributed by atoms with Crippen LogP contribution in [0.15, 0.2) is 22.7 Å². The molecule has 1 aliphatic heterocycles. The average molecular weight is 313 g/mol. The molecule has 2 rings (SSSR count). The summed E-state index contributed by atoms with van der Waals surface area (Å²) in [6.07, 6.45) is 2.02. The van der Waals surface area contributed by atoms with Crippen LogP contribution in [0.3, 0.4) is 0 Å². The second-order valence-electron chi connectivity index (χ2n) is 4.47. The Hall–Kier alpha value is -1.07. The molecule has 3 N–H and O–H groups in total. The van der Waals surface area contributed by atoms with Crippen molar-refractivity contribution >= 4 is 27.5 Å². The fourth-order valence-electron chi connectivity index (χ4n) is 2.01. The first-order valence-electron chi connectivity index (χ1n) is 6.08. The summed E-state index contributed by atoms with van der Waals surface area (Å²) in [6.45, 7) is 2.29. The molecule has 98 valence electrons. The number of amides is 1. The number of halogens is 1. The van der Waals surface area contributed by atoms with Crippen molar-refractivity contribution in [3.8, 4) is 0 Å². The third-order valence-electron chi connectivity index (χ3n) is 3.17. The topological polar surface area (TPSA) is 64.4 Å². The zero-order valence-electron chi connectivity index (χ0n) is 10.1. The molecular formula is C13H17BrN2O2. The van der Waals surface area contributed by atoms with E-state index in [1.807, 2.05) is 0 Å². The molecule has 1 saturated heterocycles. The van der Waals surface area contributed by atoms with Gasteiger partial charge in [-0.25, -0.2) is 0 Å². The summed E-state index contributed by atoms with van der Waals surface area (Å²) >= 11 is 3.34. The molecule has 0 bridgehead atoms. The number of nitrogens with two attached hydrogens (primary N) is 1. The van der Waals surface area contributed by atoms with Crippen LogP contribution in [0.5, 0.6) is 0 Å². The fourth-order valence-corrected chi connectivity index (χ4v) is 2.45. The summed E-state index contributed by atoms with van der Waals surface area (Å²) in [5.41, 5.74) is 6.92. The van der Waals surface area contributed by atoms with Gasteiger partial charge in [0, 0.05) is 25.4 Å². The Morgan fingerprint density at radius 2 is 2.17 bits per heavy atom. The predicted molar refractivity (Wildman–Crippen MR) is 74.4 cm³/mol. The highest BCUT2D eigenvalue weighted by molar-refractivity contribution is 9.10. The third kappa shape index (κ3) is 3.23. The Morgan fingerprint density at radius 1 is 1.44 bits per heavy atom. The summed E-state index contributed by atoms with van der Waals surface area (Å²) in [7, 11) is 0. The highest BCUT2D eigenvalue weighted by Gasteiger charge is 2.16. The smallest absolute Gasteiger partial charge is 0.252 e. The van der Waals surface area contributed by atoms with Gasteiger partial charge < -0.3 is 15.8 Å². The number of carbonyl (C=O) groups is 1. The lowest BCUT2D eigenvalue weighted by Gasteiger charge is -2.22. The minimum Gasteiger partial charge on any atom is -0.398 e. The summed E-state index contributed by atoms with van der Waals surface area (Å²) < 4.78 is 5.95. The van der Waals surface area contributed by atoms with E-state index in [0.717, 1.165) is 26.1 Å². The number of carbonyl (C=O) groups excluding carboxylic acids is 1. The molecule has 1 heterocycles. The first-order chi connectivity index (χ1) is 8.68. The molecule has 0 aromatic heterocycles. The van der Waals surface area contributed by atoms with E-state index in [9.17, 15) is 4.79 Å². The van der Waals surface area contributed by atoms with Gasteiger partial charge in [-0.05, 0) is 46.8 Å². The molecule has 0 saturated carbocycles. The molecule has 1 aliphatic rings. The molecule has 0 aliphatic carbocycles. The van der Waals surface area contributed by atoms with Crippen molar-refractivity contribution in [1.82, 2.24) is 5.32 Å². The van der Waals surface area contributed by atoms with E-state index in [4.69, 9.17) is 10.5 Å². The molecule has 0 unspecified atom stereocenters. The van der Waals surface area contributed by atoms with Crippen LogP contribution < -0.4 is 11.1 Å². The quantitative estimate of drug-likeness (QED) is 0.841. The first-order valence-corrected chi connectivity index (χ1v) is 6.87. The van der Waals surface area contributed by atoms with Crippen LogP contribution in [-0.4, -0.2) is 25.7 Å². The van der Waals surface area contributed by atoms with Gasteiger partial charge in [-0.15, -0.1) is 0 Å². The molecule has 0 atom stereocenters. The van der Waals surface area contributed by atoms with Crippen molar-refractivity contribution in [3.05, 3.63) is 28.2 Å². The minimum atomic E-state index is -0.0827. The molecule has 1 fully saturated rings. The van der Waals surface area contributed by atoms with Crippen LogP contribution in [0.1, 0.15) is 23.2 Å². The van der Waals surface area contributed by atoms with Crippen LogP contribution in [0.4, 0.5) is 5.69 Å². The van der Waals surface area contributed by atoms with Gasteiger partial charge in [0.1, 0.15) is 0 Å². The van der Waals surface area contributed by atoms with E-state index in [0.29, 0.717) is 28.2 Å². The normalized spacial score (nSPS) is 16.5. The molecule has 0 spiro atoms. The molecule has 5 heteroatoms. The number of benzene rings is 1. The van der Waals surface area contributed by atoms with E-state index in [2.05, 4.69) is 21.2 Å². The zero-order valence-corrected chi connectivity index (χ0v) is 11.7. The lowest BCUT2D eigenvalue weighted by molar-refractivity contribution is 0.0642.